The van der Waals surface area contributed by atoms with E-state index in [9.17, 15) is 14.4 Å². The summed E-state index contributed by atoms with van der Waals surface area (Å²) in [7, 11) is 0. The first-order valence-corrected chi connectivity index (χ1v) is 12.3. The molecule has 3 aliphatic rings. The molecule has 0 aromatic heterocycles. The van der Waals surface area contributed by atoms with Gasteiger partial charge in [-0.1, -0.05) is 32.1 Å². The van der Waals surface area contributed by atoms with Gasteiger partial charge in [-0.25, -0.2) is 14.4 Å². The van der Waals surface area contributed by atoms with Crippen molar-refractivity contribution >= 4 is 17.9 Å². The number of hydrogen-bond acceptors (Lipinski definition) is 7. The molecule has 35 heavy (non-hydrogen) atoms. The molecule has 2 unspecified atom stereocenters. The topological polar surface area (TPSA) is 88.1 Å². The van der Waals surface area contributed by atoms with Gasteiger partial charge in [0.05, 0.1) is 12.4 Å². The first-order chi connectivity index (χ1) is 16.9. The van der Waals surface area contributed by atoms with E-state index in [0.717, 1.165) is 30.6 Å². The highest BCUT2D eigenvalue weighted by Crippen LogP contribution is 2.30. The summed E-state index contributed by atoms with van der Waals surface area (Å²) < 4.78 is 22.1. The molecule has 1 aliphatic heterocycles. The van der Waals surface area contributed by atoms with E-state index in [4.69, 9.17) is 18.9 Å². The molecule has 0 aromatic rings. The summed E-state index contributed by atoms with van der Waals surface area (Å²) in [6.45, 7) is 7.97. The lowest BCUT2D eigenvalue weighted by Gasteiger charge is -2.26. The quantitative estimate of drug-likeness (QED) is 0.224. The first-order valence-electron chi connectivity index (χ1n) is 12.3. The lowest BCUT2D eigenvalue weighted by molar-refractivity contribution is -0.144. The molecule has 0 saturated carbocycles. The number of unbranched alkanes of at least 4 members (excludes halogenated alkanes) is 1. The van der Waals surface area contributed by atoms with Crippen LogP contribution in [0.5, 0.6) is 0 Å². The van der Waals surface area contributed by atoms with E-state index < -0.39 is 0 Å². The Morgan fingerprint density at radius 1 is 1.11 bits per heavy atom. The van der Waals surface area contributed by atoms with Crippen LogP contribution in [0.15, 0.2) is 71.3 Å². The van der Waals surface area contributed by atoms with Gasteiger partial charge in [0.15, 0.2) is 0 Å². The molecule has 0 bridgehead atoms. The van der Waals surface area contributed by atoms with E-state index in [0.29, 0.717) is 55.6 Å². The Morgan fingerprint density at radius 2 is 1.89 bits per heavy atom. The molecule has 188 valence electrons. The van der Waals surface area contributed by atoms with Crippen LogP contribution in [0.4, 0.5) is 0 Å². The Morgan fingerprint density at radius 3 is 2.49 bits per heavy atom. The molecule has 3 rings (SSSR count). The van der Waals surface area contributed by atoms with E-state index in [1.165, 1.54) is 6.08 Å². The largest absolute Gasteiger partial charge is 0.491 e. The molecule has 0 amide bonds. The molecule has 2 aliphatic carbocycles. The van der Waals surface area contributed by atoms with Crippen molar-refractivity contribution in [2.75, 3.05) is 6.61 Å². The number of rotatable bonds is 11. The van der Waals surface area contributed by atoms with Crippen LogP contribution < -0.4 is 0 Å². The third-order valence-corrected chi connectivity index (χ3v) is 6.01. The van der Waals surface area contributed by atoms with Gasteiger partial charge in [0, 0.05) is 36.5 Å². The number of carbonyl (C=O) groups excluding carboxylic acids is 3. The van der Waals surface area contributed by atoms with E-state index in [1.54, 1.807) is 31.2 Å². The molecular formula is C28H34O7. The summed E-state index contributed by atoms with van der Waals surface area (Å²) >= 11 is 0. The fourth-order valence-corrected chi connectivity index (χ4v) is 4.01. The van der Waals surface area contributed by atoms with Gasteiger partial charge in [-0.15, -0.1) is 0 Å². The Balaban J connectivity index is 1.55. The van der Waals surface area contributed by atoms with Gasteiger partial charge in [0.25, 0.3) is 0 Å². The lowest BCUT2D eigenvalue weighted by Crippen LogP contribution is -2.29. The average molecular weight is 483 g/mol. The molecule has 7 nitrogen and oxygen atoms in total. The minimum atomic E-state index is -0.373. The van der Waals surface area contributed by atoms with Gasteiger partial charge < -0.3 is 18.9 Å². The van der Waals surface area contributed by atoms with Crippen molar-refractivity contribution in [3.8, 4) is 0 Å². The zero-order chi connectivity index (χ0) is 25.2. The third kappa shape index (κ3) is 7.84. The Labute approximate surface area is 206 Å². The summed E-state index contributed by atoms with van der Waals surface area (Å²) in [5.41, 5.74) is 2.03. The SMILES string of the molecule is C=C1CC(C(CCCC)OC2=CC=C(C(=O)OC3=CC=C(/C=C/C(=O)OCC)CC3)CC2)OC1=O. The predicted octanol–water partition coefficient (Wildman–Crippen LogP) is 5.30. The molecule has 0 N–H and O–H groups in total. The van der Waals surface area contributed by atoms with Crippen LogP contribution in [0.2, 0.25) is 0 Å². The van der Waals surface area contributed by atoms with Crippen molar-refractivity contribution < 1.29 is 33.3 Å². The van der Waals surface area contributed by atoms with Crippen molar-refractivity contribution in [3.05, 3.63) is 71.3 Å². The van der Waals surface area contributed by atoms with Gasteiger partial charge in [-0.05, 0) is 56.4 Å². The van der Waals surface area contributed by atoms with Crippen molar-refractivity contribution in [2.45, 2.75) is 77.4 Å². The maximum Gasteiger partial charge on any atom is 0.339 e. The van der Waals surface area contributed by atoms with Crippen LogP contribution in [0, 0.1) is 0 Å². The fourth-order valence-electron chi connectivity index (χ4n) is 4.01. The van der Waals surface area contributed by atoms with Gasteiger partial charge >= 0.3 is 17.9 Å². The molecule has 1 heterocycles. The summed E-state index contributed by atoms with van der Waals surface area (Å²) in [6.07, 6.45) is 15.3. The van der Waals surface area contributed by atoms with Crippen molar-refractivity contribution in [3.63, 3.8) is 0 Å². The second-order valence-corrected chi connectivity index (χ2v) is 8.72. The first kappa shape index (κ1) is 26.3. The standard InChI is InChI=1S/C28H34O7/c1-4-6-7-24(25-18-19(3)27(30)35-25)33-22-15-11-21(12-16-22)28(31)34-23-13-8-20(9-14-23)10-17-26(29)32-5-2/h8,10-11,13,15,17,24-25H,3-7,9,12,14,16,18H2,1-2H3/b17-10+. The molecule has 7 heteroatoms. The predicted molar refractivity (Wildman–Crippen MR) is 131 cm³/mol. The van der Waals surface area contributed by atoms with Gasteiger partial charge in [0.1, 0.15) is 18.0 Å². The van der Waals surface area contributed by atoms with Crippen LogP contribution in [0.1, 0.15) is 65.2 Å². The maximum absolute atomic E-state index is 12.6. The number of carbonyl (C=O) groups is 3. The zero-order valence-corrected chi connectivity index (χ0v) is 20.5. The van der Waals surface area contributed by atoms with Crippen LogP contribution in [-0.2, 0) is 33.3 Å². The van der Waals surface area contributed by atoms with E-state index in [1.807, 2.05) is 6.08 Å². The third-order valence-electron chi connectivity index (χ3n) is 6.01. The normalized spacial score (nSPS) is 20.9. The van der Waals surface area contributed by atoms with E-state index >= 15 is 0 Å². The molecule has 0 spiro atoms. The smallest absolute Gasteiger partial charge is 0.339 e. The molecular weight excluding hydrogens is 448 g/mol. The van der Waals surface area contributed by atoms with Crippen LogP contribution in [0.3, 0.4) is 0 Å². The van der Waals surface area contributed by atoms with Crippen molar-refractivity contribution in [1.29, 1.82) is 0 Å². The molecule has 1 saturated heterocycles. The van der Waals surface area contributed by atoms with Crippen LogP contribution >= 0.6 is 0 Å². The maximum atomic E-state index is 12.6. The van der Waals surface area contributed by atoms with Crippen molar-refractivity contribution in [2.24, 2.45) is 0 Å². The second kappa shape index (κ2) is 12.9. The average Bonchev–Trinajstić information content (AvgIpc) is 3.19. The van der Waals surface area contributed by atoms with Crippen LogP contribution in [-0.4, -0.2) is 36.7 Å². The number of cyclic esters (lactones) is 1. The van der Waals surface area contributed by atoms with E-state index in [2.05, 4.69) is 13.5 Å². The molecule has 1 fully saturated rings. The second-order valence-electron chi connectivity index (χ2n) is 8.72. The highest BCUT2D eigenvalue weighted by atomic mass is 16.6. The molecule has 2 atom stereocenters. The van der Waals surface area contributed by atoms with Gasteiger partial charge in [-0.2, -0.15) is 0 Å². The highest BCUT2D eigenvalue weighted by Gasteiger charge is 2.35. The summed E-state index contributed by atoms with van der Waals surface area (Å²) in [5, 5.41) is 0. The van der Waals surface area contributed by atoms with E-state index in [-0.39, 0.29) is 30.1 Å². The number of hydrogen-bond donors (Lipinski definition) is 0. The molecule has 0 radical (unpaired) electrons. The number of esters is 3. The van der Waals surface area contributed by atoms with Gasteiger partial charge in [0.2, 0.25) is 0 Å². The number of ether oxygens (including phenoxy) is 4. The van der Waals surface area contributed by atoms with Gasteiger partial charge in [-0.3, -0.25) is 0 Å². The monoisotopic (exact) mass is 482 g/mol. The lowest BCUT2D eigenvalue weighted by atomic mass is 10.0. The van der Waals surface area contributed by atoms with Crippen molar-refractivity contribution in [1.82, 2.24) is 0 Å². The fraction of sp³-hybridized carbons (Fsp3) is 0.464. The zero-order valence-electron chi connectivity index (χ0n) is 20.5. The summed E-state index contributed by atoms with van der Waals surface area (Å²) in [6, 6.07) is 0. The minimum Gasteiger partial charge on any atom is -0.491 e. The summed E-state index contributed by atoms with van der Waals surface area (Å²) in [5.74, 6) is 0.277. The number of allylic oxidation sites excluding steroid dienone is 8. The minimum absolute atomic E-state index is 0.224. The summed E-state index contributed by atoms with van der Waals surface area (Å²) in [4.78, 5) is 35.8. The Bertz CT molecular complexity index is 977. The molecule has 0 aromatic carbocycles. The highest BCUT2D eigenvalue weighted by molar-refractivity contribution is 5.90. The van der Waals surface area contributed by atoms with Crippen LogP contribution in [0.25, 0.3) is 0 Å². The Kier molecular flexibility index (Phi) is 9.70. The Hall–Kier alpha value is -3.35.